The molecule has 1 aliphatic rings. The minimum atomic E-state index is -0.0464. The van der Waals surface area contributed by atoms with Crippen molar-refractivity contribution in [3.8, 4) is 5.75 Å². The van der Waals surface area contributed by atoms with Gasteiger partial charge in [-0.15, -0.1) is 11.3 Å². The van der Waals surface area contributed by atoms with Gasteiger partial charge in [-0.3, -0.25) is 4.79 Å². The Morgan fingerprint density at radius 3 is 2.72 bits per heavy atom. The molecule has 134 valence electrons. The highest BCUT2D eigenvalue weighted by molar-refractivity contribution is 7.09. The highest BCUT2D eigenvalue weighted by atomic mass is 32.1. The van der Waals surface area contributed by atoms with E-state index in [1.54, 1.807) is 17.4 Å². The van der Waals surface area contributed by atoms with Gasteiger partial charge in [-0.2, -0.15) is 0 Å². The number of phenols is 1. The summed E-state index contributed by atoms with van der Waals surface area (Å²) in [5.41, 5.74) is 0.884. The topological polar surface area (TPSA) is 57.0 Å². The fourth-order valence-corrected chi connectivity index (χ4v) is 4.01. The first-order valence-electron chi connectivity index (χ1n) is 8.83. The van der Waals surface area contributed by atoms with Crippen molar-refractivity contribution in [2.75, 3.05) is 37.6 Å². The second kappa shape index (κ2) is 8.36. The first kappa shape index (κ1) is 17.8. The van der Waals surface area contributed by atoms with Gasteiger partial charge < -0.3 is 20.2 Å². The predicted octanol–water partition coefficient (Wildman–Crippen LogP) is 0.906. The van der Waals surface area contributed by atoms with Crippen molar-refractivity contribution in [3.63, 3.8) is 0 Å². The molecule has 0 spiro atoms. The van der Waals surface area contributed by atoms with E-state index in [1.807, 2.05) is 31.2 Å². The molecule has 6 heteroatoms. The van der Waals surface area contributed by atoms with Gasteiger partial charge in [0.1, 0.15) is 5.75 Å². The van der Waals surface area contributed by atoms with E-state index in [2.05, 4.69) is 21.7 Å². The van der Waals surface area contributed by atoms with E-state index in [4.69, 9.17) is 0 Å². The molecule has 1 aromatic carbocycles. The number of quaternary nitrogens is 1. The molecule has 0 aliphatic carbocycles. The Bertz CT molecular complexity index is 682. The summed E-state index contributed by atoms with van der Waals surface area (Å²) >= 11 is 1.73. The molecule has 1 fully saturated rings. The van der Waals surface area contributed by atoms with Gasteiger partial charge in [-0.1, -0.05) is 18.2 Å². The number of benzene rings is 1. The number of rotatable bonds is 6. The Hall–Kier alpha value is -2.05. The fraction of sp³-hybridized carbons (Fsp3) is 0.421. The van der Waals surface area contributed by atoms with E-state index >= 15 is 0 Å². The van der Waals surface area contributed by atoms with E-state index in [9.17, 15) is 9.90 Å². The van der Waals surface area contributed by atoms with Crippen molar-refractivity contribution < 1.29 is 14.8 Å². The zero-order chi connectivity index (χ0) is 17.6. The first-order valence-corrected chi connectivity index (χ1v) is 9.70. The number of aromatic hydroxyl groups is 1. The number of amides is 1. The van der Waals surface area contributed by atoms with Crippen molar-refractivity contribution in [1.82, 2.24) is 5.32 Å². The van der Waals surface area contributed by atoms with Crippen molar-refractivity contribution in [2.45, 2.75) is 19.4 Å². The summed E-state index contributed by atoms with van der Waals surface area (Å²) in [6, 6.07) is 11.5. The van der Waals surface area contributed by atoms with Gasteiger partial charge in [0.25, 0.3) is 5.91 Å². The Kier molecular flexibility index (Phi) is 5.94. The maximum absolute atomic E-state index is 12.4. The van der Waals surface area contributed by atoms with Crippen LogP contribution in [0.4, 0.5) is 5.69 Å². The van der Waals surface area contributed by atoms with Crippen LogP contribution in [-0.4, -0.2) is 49.8 Å². The number of nitrogens with one attached hydrogen (secondary N) is 2. The summed E-state index contributed by atoms with van der Waals surface area (Å²) in [6.45, 7) is 6.19. The summed E-state index contributed by atoms with van der Waals surface area (Å²) in [6.07, 6.45) is 0.895. The lowest BCUT2D eigenvalue weighted by Crippen LogP contribution is -3.19. The Labute approximate surface area is 152 Å². The molecule has 3 N–H and O–H groups in total. The molecule has 0 radical (unpaired) electrons. The second-order valence-electron chi connectivity index (χ2n) is 6.48. The number of carbonyl (C=O) groups is 1. The minimum absolute atomic E-state index is 0.0464. The van der Waals surface area contributed by atoms with Crippen LogP contribution >= 0.6 is 11.3 Å². The molecule has 0 bridgehead atoms. The summed E-state index contributed by atoms with van der Waals surface area (Å²) in [5.74, 6) is 0.452. The zero-order valence-electron chi connectivity index (χ0n) is 14.6. The van der Waals surface area contributed by atoms with E-state index < -0.39 is 0 Å². The van der Waals surface area contributed by atoms with Gasteiger partial charge in [0.05, 0.1) is 31.9 Å². The predicted molar refractivity (Wildman–Crippen MR) is 102 cm³/mol. The number of piperazine rings is 1. The molecule has 0 unspecified atom stereocenters. The number of thiophene rings is 1. The lowest BCUT2D eigenvalue weighted by molar-refractivity contribution is -0.914. The maximum Gasteiger partial charge on any atom is 0.278 e. The summed E-state index contributed by atoms with van der Waals surface area (Å²) in [4.78, 5) is 17.2. The van der Waals surface area contributed by atoms with Crippen LogP contribution in [0.2, 0.25) is 0 Å². The SMILES string of the molecule is C[C@H](C(=O)NCCc1cccs1)[NH+]1CCN(c2ccccc2O)CC1. The zero-order valence-corrected chi connectivity index (χ0v) is 15.4. The Morgan fingerprint density at radius 2 is 2.04 bits per heavy atom. The third-order valence-corrected chi connectivity index (χ3v) is 5.82. The summed E-state index contributed by atoms with van der Waals surface area (Å²) in [5, 5.41) is 15.1. The van der Waals surface area contributed by atoms with Crippen LogP contribution < -0.4 is 15.1 Å². The van der Waals surface area contributed by atoms with Gasteiger partial charge >= 0.3 is 0 Å². The molecule has 1 saturated heterocycles. The van der Waals surface area contributed by atoms with E-state index in [1.165, 1.54) is 9.78 Å². The van der Waals surface area contributed by atoms with Crippen LogP contribution in [0.25, 0.3) is 0 Å². The summed E-state index contributed by atoms with van der Waals surface area (Å²) < 4.78 is 0. The average Bonchev–Trinajstić information content (AvgIpc) is 3.15. The van der Waals surface area contributed by atoms with Crippen LogP contribution in [0, 0.1) is 0 Å². The lowest BCUT2D eigenvalue weighted by Gasteiger charge is -2.36. The van der Waals surface area contributed by atoms with E-state index in [-0.39, 0.29) is 11.9 Å². The number of carbonyl (C=O) groups excluding carboxylic acids is 1. The molecule has 2 aromatic rings. The lowest BCUT2D eigenvalue weighted by atomic mass is 10.2. The van der Waals surface area contributed by atoms with Crippen LogP contribution in [-0.2, 0) is 11.2 Å². The van der Waals surface area contributed by atoms with Crippen LogP contribution in [0.1, 0.15) is 11.8 Å². The smallest absolute Gasteiger partial charge is 0.278 e. The Morgan fingerprint density at radius 1 is 1.28 bits per heavy atom. The molecule has 1 aliphatic heterocycles. The molecule has 1 aromatic heterocycles. The molecule has 25 heavy (non-hydrogen) atoms. The molecule has 1 atom stereocenters. The molecule has 3 rings (SSSR count). The monoisotopic (exact) mass is 360 g/mol. The first-order chi connectivity index (χ1) is 12.1. The van der Waals surface area contributed by atoms with Gasteiger partial charge in [0.2, 0.25) is 0 Å². The van der Waals surface area contributed by atoms with Crippen molar-refractivity contribution >= 4 is 22.9 Å². The Balaban J connectivity index is 1.45. The van der Waals surface area contributed by atoms with Crippen molar-refractivity contribution in [1.29, 1.82) is 0 Å². The molecular weight excluding hydrogens is 334 g/mol. The minimum Gasteiger partial charge on any atom is -0.506 e. The van der Waals surface area contributed by atoms with Crippen LogP contribution in [0.3, 0.4) is 0 Å². The number of phenolic OH excluding ortho intramolecular Hbond substituents is 1. The number of hydrogen-bond donors (Lipinski definition) is 3. The van der Waals surface area contributed by atoms with Crippen molar-refractivity contribution in [3.05, 3.63) is 46.7 Å². The highest BCUT2D eigenvalue weighted by Gasteiger charge is 2.29. The van der Waals surface area contributed by atoms with Gasteiger partial charge in [0.15, 0.2) is 6.04 Å². The quantitative estimate of drug-likeness (QED) is 0.718. The van der Waals surface area contributed by atoms with Gasteiger partial charge in [-0.05, 0) is 36.9 Å². The number of hydrogen-bond acceptors (Lipinski definition) is 4. The summed E-state index contributed by atoms with van der Waals surface area (Å²) in [7, 11) is 0. The largest absolute Gasteiger partial charge is 0.506 e. The van der Waals surface area contributed by atoms with E-state index in [0.29, 0.717) is 12.3 Å². The third-order valence-electron chi connectivity index (χ3n) is 4.88. The van der Waals surface area contributed by atoms with Crippen LogP contribution in [0.15, 0.2) is 41.8 Å². The molecular formula is C19H26N3O2S+. The number of para-hydroxylation sites is 2. The maximum atomic E-state index is 12.4. The van der Waals surface area contributed by atoms with Crippen LogP contribution in [0.5, 0.6) is 5.75 Å². The standard InChI is InChI=1S/C19H25N3O2S/c1-15(19(24)20-9-8-16-5-4-14-25-16)21-10-12-22(13-11-21)17-6-2-3-7-18(17)23/h2-7,14-15,23H,8-13H2,1H3,(H,20,24)/p+1/t15-/m1/s1. The van der Waals surface area contributed by atoms with Gasteiger partial charge in [0, 0.05) is 11.4 Å². The third kappa shape index (κ3) is 4.52. The van der Waals surface area contributed by atoms with Gasteiger partial charge in [-0.25, -0.2) is 0 Å². The average molecular weight is 361 g/mol. The molecule has 5 nitrogen and oxygen atoms in total. The van der Waals surface area contributed by atoms with E-state index in [0.717, 1.165) is 38.3 Å². The normalized spacial score (nSPS) is 16.6. The number of anilines is 1. The molecule has 2 heterocycles. The second-order valence-corrected chi connectivity index (χ2v) is 7.51. The number of nitrogens with zero attached hydrogens (tertiary/aromatic N) is 1. The van der Waals surface area contributed by atoms with Crippen molar-refractivity contribution in [2.24, 2.45) is 0 Å². The fourth-order valence-electron chi connectivity index (χ4n) is 3.30. The molecule has 0 saturated carbocycles. The molecule has 1 amide bonds. The highest BCUT2D eigenvalue weighted by Crippen LogP contribution is 2.25.